The minimum absolute atomic E-state index is 0.186. The second-order valence-corrected chi connectivity index (χ2v) is 7.77. The summed E-state index contributed by atoms with van der Waals surface area (Å²) in [5.74, 6) is -0.112. The number of nitrogens with one attached hydrogen (secondary N) is 2. The van der Waals surface area contributed by atoms with E-state index >= 15 is 0 Å². The Hall–Kier alpha value is -3.47. The Bertz CT molecular complexity index is 1030. The van der Waals surface area contributed by atoms with E-state index in [2.05, 4.69) is 28.5 Å². The van der Waals surface area contributed by atoms with Crippen LogP contribution in [0.1, 0.15) is 53.0 Å². The number of allylic oxidation sites excluding steroid dienone is 3. The van der Waals surface area contributed by atoms with E-state index in [1.807, 2.05) is 39.0 Å². The van der Waals surface area contributed by atoms with Crippen LogP contribution in [-0.2, 0) is 0 Å². The van der Waals surface area contributed by atoms with Gasteiger partial charge in [-0.1, -0.05) is 35.9 Å². The van der Waals surface area contributed by atoms with E-state index in [4.69, 9.17) is 0 Å². The van der Waals surface area contributed by atoms with E-state index in [9.17, 15) is 9.59 Å². The molecule has 30 heavy (non-hydrogen) atoms. The van der Waals surface area contributed by atoms with Crippen molar-refractivity contribution in [3.05, 3.63) is 89.0 Å². The Balaban J connectivity index is 1.62. The number of rotatable bonds is 5. The maximum atomic E-state index is 12.5. The van der Waals surface area contributed by atoms with Crippen molar-refractivity contribution in [2.75, 3.05) is 5.32 Å². The number of hydrogen-bond acceptors (Lipinski definition) is 3. The summed E-state index contributed by atoms with van der Waals surface area (Å²) in [6, 6.07) is 14.1. The first kappa shape index (κ1) is 21.2. The van der Waals surface area contributed by atoms with Crippen molar-refractivity contribution in [2.45, 2.75) is 33.6 Å². The Morgan fingerprint density at radius 3 is 2.43 bits per heavy atom. The van der Waals surface area contributed by atoms with Crippen LogP contribution in [0.3, 0.4) is 0 Å². The molecule has 0 unspecified atom stereocenters. The second kappa shape index (κ2) is 9.35. The molecule has 2 amide bonds. The lowest BCUT2D eigenvalue weighted by atomic mass is 9.85. The maximum Gasteiger partial charge on any atom is 0.271 e. The van der Waals surface area contributed by atoms with Gasteiger partial charge < -0.3 is 5.32 Å². The number of anilines is 1. The Labute approximate surface area is 177 Å². The van der Waals surface area contributed by atoms with Gasteiger partial charge in [-0.15, -0.1) is 0 Å². The molecular weight excluding hydrogens is 374 g/mol. The van der Waals surface area contributed by atoms with Crippen LogP contribution in [0.4, 0.5) is 5.69 Å². The predicted molar refractivity (Wildman–Crippen MR) is 122 cm³/mol. The molecule has 0 fully saturated rings. The number of hydrazone groups is 1. The third-order valence-corrected chi connectivity index (χ3v) is 5.28. The van der Waals surface area contributed by atoms with Gasteiger partial charge in [0.05, 0.1) is 5.71 Å². The van der Waals surface area contributed by atoms with E-state index in [1.165, 1.54) is 0 Å². The fraction of sp³-hybridized carbons (Fsp3) is 0.240. The van der Waals surface area contributed by atoms with Gasteiger partial charge in [0.25, 0.3) is 11.8 Å². The molecule has 0 spiro atoms. The number of benzene rings is 2. The van der Waals surface area contributed by atoms with Gasteiger partial charge in [0.2, 0.25) is 0 Å². The minimum Gasteiger partial charge on any atom is -0.322 e. The Kier molecular flexibility index (Phi) is 6.62. The number of carbonyl (C=O) groups is 2. The van der Waals surface area contributed by atoms with Crippen molar-refractivity contribution >= 4 is 23.2 Å². The maximum absolute atomic E-state index is 12.5. The molecule has 5 nitrogen and oxygen atoms in total. The zero-order valence-electron chi connectivity index (χ0n) is 17.7. The van der Waals surface area contributed by atoms with Crippen molar-refractivity contribution in [2.24, 2.45) is 11.0 Å². The van der Waals surface area contributed by atoms with E-state index < -0.39 is 0 Å². The Morgan fingerprint density at radius 1 is 1.03 bits per heavy atom. The first-order valence-corrected chi connectivity index (χ1v) is 10.0. The summed E-state index contributed by atoms with van der Waals surface area (Å²) >= 11 is 0. The van der Waals surface area contributed by atoms with Crippen molar-refractivity contribution in [1.29, 1.82) is 0 Å². The summed E-state index contributed by atoms with van der Waals surface area (Å²) in [5.41, 5.74) is 8.45. The Morgan fingerprint density at radius 2 is 1.77 bits per heavy atom. The molecule has 1 atom stereocenters. The third kappa shape index (κ3) is 5.32. The lowest BCUT2D eigenvalue weighted by molar-refractivity contribution is 0.0954. The number of carbonyl (C=O) groups excluding carboxylic acids is 2. The molecule has 1 aliphatic carbocycles. The average molecular weight is 402 g/mol. The van der Waals surface area contributed by atoms with Gasteiger partial charge in [-0.3, -0.25) is 9.59 Å². The molecule has 5 heteroatoms. The fourth-order valence-electron chi connectivity index (χ4n) is 3.30. The van der Waals surface area contributed by atoms with Crippen LogP contribution in [-0.4, -0.2) is 17.5 Å². The normalized spacial score (nSPS) is 17.2. The molecule has 0 aliphatic heterocycles. The number of amides is 2. The smallest absolute Gasteiger partial charge is 0.271 e. The zero-order valence-corrected chi connectivity index (χ0v) is 17.7. The molecule has 154 valence electrons. The first-order chi connectivity index (χ1) is 14.3. The van der Waals surface area contributed by atoms with Crippen LogP contribution in [0.5, 0.6) is 0 Å². The van der Waals surface area contributed by atoms with E-state index in [0.29, 0.717) is 22.7 Å². The lowest BCUT2D eigenvalue weighted by Crippen LogP contribution is -2.23. The fourth-order valence-corrected chi connectivity index (χ4v) is 3.30. The largest absolute Gasteiger partial charge is 0.322 e. The molecule has 2 aromatic carbocycles. The average Bonchev–Trinajstić information content (AvgIpc) is 2.73. The molecule has 0 bridgehead atoms. The second-order valence-electron chi connectivity index (χ2n) is 7.77. The van der Waals surface area contributed by atoms with Crippen LogP contribution >= 0.6 is 0 Å². The number of hydrogen-bond donors (Lipinski definition) is 2. The topological polar surface area (TPSA) is 70.6 Å². The van der Waals surface area contributed by atoms with Gasteiger partial charge in [-0.2, -0.15) is 5.10 Å². The van der Waals surface area contributed by atoms with Gasteiger partial charge in [-0.25, -0.2) is 5.43 Å². The molecular formula is C25H27N3O2. The summed E-state index contributed by atoms with van der Waals surface area (Å²) in [7, 11) is 0. The summed E-state index contributed by atoms with van der Waals surface area (Å²) < 4.78 is 0. The van der Waals surface area contributed by atoms with Crippen LogP contribution in [0, 0.1) is 12.8 Å². The SMILES string of the molecule is C=C(C)[C@@H]1CC=C(C)/C(=N\NC(=O)c2ccc(NC(=O)c3cccc(C)c3)cc2)C1. The van der Waals surface area contributed by atoms with E-state index in [-0.39, 0.29) is 11.8 Å². The molecule has 0 saturated heterocycles. The molecule has 0 radical (unpaired) electrons. The van der Waals surface area contributed by atoms with E-state index in [1.54, 1.807) is 30.3 Å². The highest BCUT2D eigenvalue weighted by Crippen LogP contribution is 2.26. The molecule has 3 rings (SSSR count). The number of nitrogens with zero attached hydrogens (tertiary/aromatic N) is 1. The summed E-state index contributed by atoms with van der Waals surface area (Å²) in [5, 5.41) is 7.17. The van der Waals surface area contributed by atoms with Gasteiger partial charge >= 0.3 is 0 Å². The molecule has 1 aliphatic rings. The van der Waals surface area contributed by atoms with Crippen LogP contribution in [0.2, 0.25) is 0 Å². The predicted octanol–water partition coefficient (Wildman–Crippen LogP) is 5.27. The first-order valence-electron chi connectivity index (χ1n) is 10.0. The lowest BCUT2D eigenvalue weighted by Gasteiger charge is -2.22. The summed E-state index contributed by atoms with van der Waals surface area (Å²) in [6.45, 7) is 10.0. The minimum atomic E-state index is -0.288. The molecule has 0 saturated carbocycles. The van der Waals surface area contributed by atoms with Crippen molar-refractivity contribution in [3.63, 3.8) is 0 Å². The monoisotopic (exact) mass is 401 g/mol. The third-order valence-electron chi connectivity index (χ3n) is 5.28. The van der Waals surface area contributed by atoms with Crippen molar-refractivity contribution < 1.29 is 9.59 Å². The standard InChI is InChI=1S/C25H27N3O2/c1-16(2)20-9-8-18(4)23(15-20)27-28-25(30)19-10-12-22(13-11-19)26-24(29)21-7-5-6-17(3)14-21/h5-8,10-14,20H,1,9,15H2,2-4H3,(H,26,29)(H,28,30)/b27-23-/t20-/m1/s1. The quantitative estimate of drug-likeness (QED) is 0.529. The highest BCUT2D eigenvalue weighted by Gasteiger charge is 2.19. The molecule has 0 heterocycles. The van der Waals surface area contributed by atoms with Gasteiger partial charge in [-0.05, 0) is 81.5 Å². The molecule has 2 aromatic rings. The highest BCUT2D eigenvalue weighted by molar-refractivity contribution is 6.05. The van der Waals surface area contributed by atoms with Gasteiger partial charge in [0.1, 0.15) is 0 Å². The van der Waals surface area contributed by atoms with Crippen LogP contribution in [0.15, 0.2) is 77.4 Å². The van der Waals surface area contributed by atoms with Crippen LogP contribution < -0.4 is 10.7 Å². The summed E-state index contributed by atoms with van der Waals surface area (Å²) in [6.07, 6.45) is 3.88. The van der Waals surface area contributed by atoms with E-state index in [0.717, 1.165) is 35.3 Å². The van der Waals surface area contributed by atoms with Gasteiger partial charge in [0, 0.05) is 16.8 Å². The zero-order chi connectivity index (χ0) is 21.7. The number of aryl methyl sites for hydroxylation is 1. The molecule has 2 N–H and O–H groups in total. The highest BCUT2D eigenvalue weighted by atomic mass is 16.2. The van der Waals surface area contributed by atoms with Crippen LogP contribution in [0.25, 0.3) is 0 Å². The van der Waals surface area contributed by atoms with Crippen molar-refractivity contribution in [3.8, 4) is 0 Å². The van der Waals surface area contributed by atoms with Gasteiger partial charge in [0.15, 0.2) is 0 Å². The molecule has 0 aromatic heterocycles. The van der Waals surface area contributed by atoms with Crippen molar-refractivity contribution in [1.82, 2.24) is 5.43 Å². The summed E-state index contributed by atoms with van der Waals surface area (Å²) in [4.78, 5) is 24.8.